The van der Waals surface area contributed by atoms with Crippen LogP contribution in [0.5, 0.6) is 0 Å². The third kappa shape index (κ3) is 6.45. The molecule has 0 radical (unpaired) electrons. The number of carbonyl (C=O) groups excluding carboxylic acids is 1. The van der Waals surface area contributed by atoms with Crippen molar-refractivity contribution in [2.24, 2.45) is 0 Å². The van der Waals surface area contributed by atoms with E-state index in [1.54, 1.807) is 11.8 Å². The molecule has 106 valence electrons. The predicted octanol–water partition coefficient (Wildman–Crippen LogP) is 2.24. The van der Waals surface area contributed by atoms with Crippen LogP contribution in [0.25, 0.3) is 0 Å². The van der Waals surface area contributed by atoms with Gasteiger partial charge in [-0.2, -0.15) is 11.8 Å². The van der Waals surface area contributed by atoms with Crippen LogP contribution in [0.3, 0.4) is 0 Å². The second kappa shape index (κ2) is 8.77. The number of anilines is 2. The first kappa shape index (κ1) is 15.8. The fourth-order valence-electron chi connectivity index (χ4n) is 1.46. The number of hydrogen-bond acceptors (Lipinski definition) is 4. The number of halogens is 1. The number of carbonyl (C=O) groups is 1. The second-order valence-corrected chi connectivity index (χ2v) is 5.30. The van der Waals surface area contributed by atoms with Crippen molar-refractivity contribution in [3.8, 4) is 0 Å². The van der Waals surface area contributed by atoms with E-state index in [0.717, 1.165) is 24.3 Å². The van der Waals surface area contributed by atoms with E-state index in [1.165, 1.54) is 18.2 Å². The number of nitrogen functional groups attached to an aromatic ring is 1. The van der Waals surface area contributed by atoms with Crippen LogP contribution >= 0.6 is 11.8 Å². The minimum atomic E-state index is -0.421. The van der Waals surface area contributed by atoms with Crippen molar-refractivity contribution in [3.63, 3.8) is 0 Å². The first-order valence-electron chi connectivity index (χ1n) is 6.17. The van der Waals surface area contributed by atoms with Gasteiger partial charge in [-0.25, -0.2) is 4.39 Å². The van der Waals surface area contributed by atoms with E-state index in [0.29, 0.717) is 12.1 Å². The van der Waals surface area contributed by atoms with Gasteiger partial charge in [-0.1, -0.05) is 0 Å². The Morgan fingerprint density at radius 2 is 2.11 bits per heavy atom. The Morgan fingerprint density at radius 1 is 1.37 bits per heavy atom. The molecule has 0 fully saturated rings. The summed E-state index contributed by atoms with van der Waals surface area (Å²) in [6.45, 7) is 0.206. The maximum absolute atomic E-state index is 12.8. The molecular weight excluding hydrogens is 267 g/mol. The molecule has 6 heteroatoms. The highest BCUT2D eigenvalue weighted by molar-refractivity contribution is 7.99. The zero-order valence-corrected chi connectivity index (χ0v) is 11.5. The van der Waals surface area contributed by atoms with E-state index in [1.807, 2.05) is 0 Å². The molecule has 4 N–H and O–H groups in total. The molecule has 19 heavy (non-hydrogen) atoms. The molecule has 0 unspecified atom stereocenters. The van der Waals surface area contributed by atoms with Crippen molar-refractivity contribution in [1.82, 2.24) is 0 Å². The maximum atomic E-state index is 12.8. The standard InChI is InChI=1S/C13H19FN2O2S/c14-10-4-5-12(11(15)9-10)16-13(18)3-1-7-19-8-2-6-17/h4-5,9,17H,1-3,6-8,15H2,(H,16,18). The Labute approximate surface area is 116 Å². The first-order valence-corrected chi connectivity index (χ1v) is 7.32. The summed E-state index contributed by atoms with van der Waals surface area (Å²) in [5.74, 6) is 1.24. The summed E-state index contributed by atoms with van der Waals surface area (Å²) in [6.07, 6.45) is 1.95. The van der Waals surface area contributed by atoms with Crippen molar-refractivity contribution in [3.05, 3.63) is 24.0 Å². The third-order valence-corrected chi connectivity index (χ3v) is 3.58. The molecule has 1 aromatic carbocycles. The van der Waals surface area contributed by atoms with Gasteiger partial charge in [-0.3, -0.25) is 4.79 Å². The third-order valence-electron chi connectivity index (χ3n) is 2.43. The Morgan fingerprint density at radius 3 is 2.79 bits per heavy atom. The summed E-state index contributed by atoms with van der Waals surface area (Å²) in [4.78, 5) is 11.6. The predicted molar refractivity (Wildman–Crippen MR) is 77.7 cm³/mol. The van der Waals surface area contributed by atoms with Gasteiger partial charge in [0, 0.05) is 13.0 Å². The molecule has 0 atom stereocenters. The molecular formula is C13H19FN2O2S. The van der Waals surface area contributed by atoms with Crippen molar-refractivity contribution >= 4 is 29.0 Å². The van der Waals surface area contributed by atoms with Gasteiger partial charge in [0.15, 0.2) is 0 Å². The van der Waals surface area contributed by atoms with Crippen LogP contribution in [0.15, 0.2) is 18.2 Å². The lowest BCUT2D eigenvalue weighted by Crippen LogP contribution is -2.13. The average Bonchev–Trinajstić information content (AvgIpc) is 2.37. The summed E-state index contributed by atoms with van der Waals surface area (Å²) in [5.41, 5.74) is 6.27. The number of nitrogens with one attached hydrogen (secondary N) is 1. The Bertz CT molecular complexity index is 416. The lowest BCUT2D eigenvalue weighted by atomic mass is 10.2. The quantitative estimate of drug-likeness (QED) is 0.506. The van der Waals surface area contributed by atoms with Gasteiger partial charge < -0.3 is 16.2 Å². The lowest BCUT2D eigenvalue weighted by Gasteiger charge is -2.08. The van der Waals surface area contributed by atoms with Crippen LogP contribution in [0.2, 0.25) is 0 Å². The van der Waals surface area contributed by atoms with Crippen LogP contribution in [-0.2, 0) is 4.79 Å². The number of amides is 1. The van der Waals surface area contributed by atoms with Crippen molar-refractivity contribution < 1.29 is 14.3 Å². The summed E-state index contributed by atoms with van der Waals surface area (Å²) < 4.78 is 12.8. The summed E-state index contributed by atoms with van der Waals surface area (Å²) in [5, 5.41) is 11.3. The molecule has 1 amide bonds. The molecule has 0 saturated heterocycles. The molecule has 0 aliphatic carbocycles. The van der Waals surface area contributed by atoms with Crippen LogP contribution < -0.4 is 11.1 Å². The van der Waals surface area contributed by atoms with Crippen LogP contribution in [0.4, 0.5) is 15.8 Å². The number of rotatable bonds is 8. The van der Waals surface area contributed by atoms with E-state index in [-0.39, 0.29) is 18.2 Å². The Hall–Kier alpha value is -1.27. The van der Waals surface area contributed by atoms with E-state index < -0.39 is 5.82 Å². The first-order chi connectivity index (χ1) is 9.13. The largest absolute Gasteiger partial charge is 0.397 e. The van der Waals surface area contributed by atoms with Crippen LogP contribution in [-0.4, -0.2) is 29.1 Å². The fourth-order valence-corrected chi connectivity index (χ4v) is 2.35. The molecule has 0 bridgehead atoms. The number of thioether (sulfide) groups is 1. The smallest absolute Gasteiger partial charge is 0.224 e. The zero-order valence-electron chi connectivity index (χ0n) is 10.7. The highest BCUT2D eigenvalue weighted by Gasteiger charge is 2.05. The van der Waals surface area contributed by atoms with Gasteiger partial charge in [0.2, 0.25) is 5.91 Å². The van der Waals surface area contributed by atoms with Gasteiger partial charge in [0.1, 0.15) is 5.82 Å². The maximum Gasteiger partial charge on any atom is 0.224 e. The number of aliphatic hydroxyl groups is 1. The molecule has 1 aromatic rings. The van der Waals surface area contributed by atoms with Crippen molar-refractivity contribution in [2.75, 3.05) is 29.2 Å². The van der Waals surface area contributed by atoms with Gasteiger partial charge in [0.05, 0.1) is 11.4 Å². The number of hydrogen-bond donors (Lipinski definition) is 3. The summed E-state index contributed by atoms with van der Waals surface area (Å²) >= 11 is 1.72. The molecule has 0 saturated carbocycles. The Kier molecular flexibility index (Phi) is 7.28. The van der Waals surface area contributed by atoms with Gasteiger partial charge in [0.25, 0.3) is 0 Å². The molecule has 0 aliphatic heterocycles. The number of nitrogens with two attached hydrogens (primary N) is 1. The van der Waals surface area contributed by atoms with Crippen molar-refractivity contribution in [2.45, 2.75) is 19.3 Å². The topological polar surface area (TPSA) is 75.3 Å². The lowest BCUT2D eigenvalue weighted by molar-refractivity contribution is -0.116. The van der Waals surface area contributed by atoms with Gasteiger partial charge in [-0.15, -0.1) is 0 Å². The van der Waals surface area contributed by atoms with Gasteiger partial charge >= 0.3 is 0 Å². The minimum Gasteiger partial charge on any atom is -0.397 e. The SMILES string of the molecule is Nc1cc(F)ccc1NC(=O)CCCSCCCO. The minimum absolute atomic E-state index is 0.124. The molecule has 0 heterocycles. The fraction of sp³-hybridized carbons (Fsp3) is 0.462. The van der Waals surface area contributed by atoms with E-state index >= 15 is 0 Å². The normalized spacial score (nSPS) is 10.4. The van der Waals surface area contributed by atoms with E-state index in [4.69, 9.17) is 10.8 Å². The highest BCUT2D eigenvalue weighted by Crippen LogP contribution is 2.19. The van der Waals surface area contributed by atoms with Crippen LogP contribution in [0.1, 0.15) is 19.3 Å². The molecule has 0 spiro atoms. The molecule has 0 aliphatic rings. The molecule has 0 aromatic heterocycles. The summed E-state index contributed by atoms with van der Waals surface area (Å²) in [6, 6.07) is 3.90. The monoisotopic (exact) mass is 286 g/mol. The zero-order chi connectivity index (χ0) is 14.1. The number of benzene rings is 1. The van der Waals surface area contributed by atoms with E-state index in [9.17, 15) is 9.18 Å². The van der Waals surface area contributed by atoms with Crippen LogP contribution in [0, 0.1) is 5.82 Å². The molecule has 1 rings (SSSR count). The van der Waals surface area contributed by atoms with Gasteiger partial charge in [-0.05, 0) is 42.5 Å². The van der Waals surface area contributed by atoms with Crippen molar-refractivity contribution in [1.29, 1.82) is 0 Å². The molecule has 4 nitrogen and oxygen atoms in total. The van der Waals surface area contributed by atoms with E-state index in [2.05, 4.69) is 5.32 Å². The Balaban J connectivity index is 2.23. The number of aliphatic hydroxyl groups excluding tert-OH is 1. The average molecular weight is 286 g/mol. The summed E-state index contributed by atoms with van der Waals surface area (Å²) in [7, 11) is 0. The highest BCUT2D eigenvalue weighted by atomic mass is 32.2. The second-order valence-electron chi connectivity index (χ2n) is 4.07.